The van der Waals surface area contributed by atoms with Gasteiger partial charge in [-0.05, 0) is 59.9 Å². The fourth-order valence-corrected chi connectivity index (χ4v) is 3.69. The van der Waals surface area contributed by atoms with Crippen molar-refractivity contribution in [1.29, 1.82) is 0 Å². The van der Waals surface area contributed by atoms with Crippen molar-refractivity contribution in [2.45, 2.75) is 52.5 Å². The van der Waals surface area contributed by atoms with Crippen molar-refractivity contribution < 1.29 is 4.79 Å². The summed E-state index contributed by atoms with van der Waals surface area (Å²) in [6.45, 7) is 9.53. The van der Waals surface area contributed by atoms with Gasteiger partial charge in [-0.15, -0.1) is 0 Å². The van der Waals surface area contributed by atoms with Gasteiger partial charge in [-0.25, -0.2) is 0 Å². The molecule has 1 fully saturated rings. The lowest BCUT2D eigenvalue weighted by atomic mass is 9.92. The highest BCUT2D eigenvalue weighted by Crippen LogP contribution is 2.30. The third-order valence-corrected chi connectivity index (χ3v) is 6.21. The Kier molecular flexibility index (Phi) is 4.97. The van der Waals surface area contributed by atoms with E-state index in [0.29, 0.717) is 5.56 Å². The molecule has 1 amide bonds. The first-order valence-electron chi connectivity index (χ1n) is 8.80. The van der Waals surface area contributed by atoms with Crippen LogP contribution in [0, 0.1) is 16.4 Å². The zero-order valence-corrected chi connectivity index (χ0v) is 17.8. The predicted octanol–water partition coefficient (Wildman–Crippen LogP) is 4.19. The maximum Gasteiger partial charge on any atom is 0.280 e. The van der Waals surface area contributed by atoms with Crippen molar-refractivity contribution in [1.82, 2.24) is 9.36 Å². The topological polar surface area (TPSA) is 39.3 Å². The van der Waals surface area contributed by atoms with Crippen LogP contribution in [-0.4, -0.2) is 15.3 Å². The van der Waals surface area contributed by atoms with Crippen molar-refractivity contribution in [2.75, 3.05) is 0 Å². The fourth-order valence-electron chi connectivity index (χ4n) is 3.10. The molecule has 2 aromatic rings. The van der Waals surface area contributed by atoms with Gasteiger partial charge in [0.2, 0.25) is 0 Å². The standard InChI is InChI=1S/C20H26IN3O/c1-13-7-6-8-15(18(13)21)19(25)22-17-11-16(20(2,3)4)23(5)24(17)12-14-9-10-14/h6-8,11,14H,9-10,12H2,1-5H3. The summed E-state index contributed by atoms with van der Waals surface area (Å²) in [5.74, 6) is 0.554. The van der Waals surface area contributed by atoms with Crippen molar-refractivity contribution in [2.24, 2.45) is 18.0 Å². The maximum absolute atomic E-state index is 12.8. The van der Waals surface area contributed by atoms with E-state index in [9.17, 15) is 4.79 Å². The lowest BCUT2D eigenvalue weighted by Gasteiger charge is -2.20. The van der Waals surface area contributed by atoms with Crippen LogP contribution >= 0.6 is 22.6 Å². The molecule has 0 spiro atoms. The van der Waals surface area contributed by atoms with E-state index in [0.717, 1.165) is 27.1 Å². The van der Waals surface area contributed by atoms with Crippen LogP contribution in [0.3, 0.4) is 0 Å². The van der Waals surface area contributed by atoms with Crippen LogP contribution in [0.1, 0.15) is 55.2 Å². The summed E-state index contributed by atoms with van der Waals surface area (Å²) in [6, 6.07) is 7.87. The molecule has 1 aliphatic carbocycles. The van der Waals surface area contributed by atoms with Gasteiger partial charge in [-0.2, -0.15) is 4.99 Å². The number of nitrogens with zero attached hydrogens (tertiary/aromatic N) is 3. The molecular formula is C20H26IN3O. The minimum Gasteiger partial charge on any atom is -0.291 e. The van der Waals surface area contributed by atoms with Crippen LogP contribution in [0.2, 0.25) is 0 Å². The largest absolute Gasteiger partial charge is 0.291 e. The normalized spacial score (nSPS) is 15.7. The molecule has 1 aromatic carbocycles. The fraction of sp³-hybridized carbons (Fsp3) is 0.500. The molecule has 0 saturated heterocycles. The molecule has 0 N–H and O–H groups in total. The Hall–Kier alpha value is -1.37. The zero-order valence-electron chi connectivity index (χ0n) is 15.6. The van der Waals surface area contributed by atoms with Gasteiger partial charge in [0.1, 0.15) is 0 Å². The number of aromatic nitrogens is 2. The Balaban J connectivity index is 2.09. The van der Waals surface area contributed by atoms with Crippen LogP contribution < -0.4 is 5.49 Å². The number of amides is 1. The molecule has 25 heavy (non-hydrogen) atoms. The number of hydrogen-bond donors (Lipinski definition) is 0. The minimum absolute atomic E-state index is 0.00856. The predicted molar refractivity (Wildman–Crippen MR) is 109 cm³/mol. The summed E-state index contributed by atoms with van der Waals surface area (Å²) in [4.78, 5) is 17.3. The first kappa shape index (κ1) is 18.4. The molecule has 0 radical (unpaired) electrons. The van der Waals surface area contributed by atoms with Gasteiger partial charge in [0.05, 0.1) is 5.56 Å². The molecular weight excluding hydrogens is 425 g/mol. The molecule has 0 aliphatic heterocycles. The van der Waals surface area contributed by atoms with Gasteiger partial charge in [-0.3, -0.25) is 14.2 Å². The van der Waals surface area contributed by atoms with Crippen LogP contribution in [0.25, 0.3) is 0 Å². The SMILES string of the molecule is Cc1cccc(C(=O)N=c2cc(C(C)(C)C)n(C)n2CC2CC2)c1I. The van der Waals surface area contributed by atoms with Gasteiger partial charge in [-0.1, -0.05) is 32.9 Å². The minimum atomic E-state index is -0.163. The highest BCUT2D eigenvalue weighted by Gasteiger charge is 2.26. The average molecular weight is 451 g/mol. The Bertz CT molecular complexity index is 879. The lowest BCUT2D eigenvalue weighted by molar-refractivity contribution is 0.0995. The molecule has 4 nitrogen and oxygen atoms in total. The van der Waals surface area contributed by atoms with E-state index in [1.165, 1.54) is 18.5 Å². The Labute approximate surface area is 163 Å². The number of aryl methyl sites for hydroxylation is 1. The molecule has 1 heterocycles. The van der Waals surface area contributed by atoms with E-state index in [4.69, 9.17) is 0 Å². The Morgan fingerprint density at radius 3 is 2.60 bits per heavy atom. The molecule has 1 aliphatic rings. The smallest absolute Gasteiger partial charge is 0.280 e. The first-order chi connectivity index (χ1) is 11.7. The molecule has 3 rings (SSSR count). The number of benzene rings is 1. The van der Waals surface area contributed by atoms with Gasteiger partial charge < -0.3 is 0 Å². The van der Waals surface area contributed by atoms with Crippen molar-refractivity contribution in [3.8, 4) is 0 Å². The molecule has 5 heteroatoms. The van der Waals surface area contributed by atoms with E-state index >= 15 is 0 Å². The Morgan fingerprint density at radius 1 is 1.32 bits per heavy atom. The van der Waals surface area contributed by atoms with E-state index in [1.807, 2.05) is 25.1 Å². The summed E-state index contributed by atoms with van der Waals surface area (Å²) in [5, 5.41) is 0. The molecule has 0 bridgehead atoms. The number of hydrogen-bond acceptors (Lipinski definition) is 1. The molecule has 0 atom stereocenters. The molecule has 0 unspecified atom stereocenters. The van der Waals surface area contributed by atoms with E-state index < -0.39 is 0 Å². The van der Waals surface area contributed by atoms with Gasteiger partial charge in [0, 0.05) is 34.3 Å². The van der Waals surface area contributed by atoms with Gasteiger partial charge in [0.15, 0.2) is 5.49 Å². The summed E-state index contributed by atoms with van der Waals surface area (Å²) in [5.41, 5.74) is 3.75. The highest BCUT2D eigenvalue weighted by molar-refractivity contribution is 14.1. The summed E-state index contributed by atoms with van der Waals surface area (Å²) >= 11 is 2.23. The average Bonchev–Trinajstić information content (AvgIpc) is 3.28. The van der Waals surface area contributed by atoms with Crippen LogP contribution in [0.5, 0.6) is 0 Å². The maximum atomic E-state index is 12.8. The van der Waals surface area contributed by atoms with Crippen molar-refractivity contribution >= 4 is 28.5 Å². The first-order valence-corrected chi connectivity index (χ1v) is 9.88. The monoisotopic (exact) mass is 451 g/mol. The van der Waals surface area contributed by atoms with Gasteiger partial charge in [0.25, 0.3) is 5.91 Å². The second kappa shape index (κ2) is 6.74. The number of carbonyl (C=O) groups excluding carboxylic acids is 1. The van der Waals surface area contributed by atoms with Gasteiger partial charge >= 0.3 is 0 Å². The van der Waals surface area contributed by atoms with Crippen LogP contribution in [0.15, 0.2) is 29.3 Å². The summed E-state index contributed by atoms with van der Waals surface area (Å²) in [6.07, 6.45) is 2.54. The summed E-state index contributed by atoms with van der Waals surface area (Å²) < 4.78 is 5.32. The third kappa shape index (κ3) is 3.91. The van der Waals surface area contributed by atoms with Crippen molar-refractivity contribution in [3.05, 3.63) is 50.1 Å². The second-order valence-corrected chi connectivity index (χ2v) is 9.12. The highest BCUT2D eigenvalue weighted by atomic mass is 127. The van der Waals surface area contributed by atoms with E-state index in [2.05, 4.69) is 70.8 Å². The number of halogens is 1. The van der Waals surface area contributed by atoms with E-state index in [-0.39, 0.29) is 11.3 Å². The van der Waals surface area contributed by atoms with Crippen LogP contribution in [-0.2, 0) is 19.0 Å². The zero-order chi connectivity index (χ0) is 18.4. The lowest BCUT2D eigenvalue weighted by Crippen LogP contribution is -2.26. The molecule has 1 saturated carbocycles. The van der Waals surface area contributed by atoms with E-state index in [1.54, 1.807) is 0 Å². The van der Waals surface area contributed by atoms with Crippen LogP contribution in [0.4, 0.5) is 0 Å². The quantitative estimate of drug-likeness (QED) is 0.646. The molecule has 134 valence electrons. The second-order valence-electron chi connectivity index (χ2n) is 8.04. The number of rotatable bonds is 3. The molecule has 1 aromatic heterocycles. The summed E-state index contributed by atoms with van der Waals surface area (Å²) in [7, 11) is 2.07. The Morgan fingerprint density at radius 2 is 2.00 bits per heavy atom. The van der Waals surface area contributed by atoms with Crippen molar-refractivity contribution in [3.63, 3.8) is 0 Å². The third-order valence-electron chi connectivity index (χ3n) is 4.78. The number of carbonyl (C=O) groups is 1.